The van der Waals surface area contributed by atoms with Gasteiger partial charge in [0.25, 0.3) is 0 Å². The highest BCUT2D eigenvalue weighted by Gasteiger charge is 2.18. The number of carbonyl (C=O) groups excluding carboxylic acids is 3. The van der Waals surface area contributed by atoms with Crippen LogP contribution < -0.4 is 21.9 Å². The number of nitrogens with two attached hydrogens (primary N) is 1. The number of aliphatic hydroxyl groups is 1. The number of rotatable bonds is 10. The van der Waals surface area contributed by atoms with Gasteiger partial charge in [-0.3, -0.25) is 20.2 Å². The lowest BCUT2D eigenvalue weighted by atomic mass is 10.1. The minimum atomic E-state index is -0.685. The quantitative estimate of drug-likeness (QED) is 0.186. The van der Waals surface area contributed by atoms with Crippen LogP contribution in [0.15, 0.2) is 30.3 Å². The molecule has 0 saturated carbocycles. The number of esters is 1. The van der Waals surface area contributed by atoms with Crippen molar-refractivity contribution >= 4 is 17.8 Å². The van der Waals surface area contributed by atoms with E-state index in [1.165, 1.54) is 0 Å². The van der Waals surface area contributed by atoms with Crippen LogP contribution in [0.3, 0.4) is 0 Å². The lowest BCUT2D eigenvalue weighted by Crippen LogP contribution is -2.50. The second kappa shape index (κ2) is 11.1. The van der Waals surface area contributed by atoms with E-state index >= 15 is 0 Å². The SMILES string of the molecule is NNC(Cc1ccccc1)C(=O)NCC(=O)NCC(=O)OCCO. The van der Waals surface area contributed by atoms with Crippen LogP contribution in [-0.2, 0) is 25.5 Å². The summed E-state index contributed by atoms with van der Waals surface area (Å²) in [7, 11) is 0. The van der Waals surface area contributed by atoms with Crippen LogP contribution in [0.2, 0.25) is 0 Å². The summed E-state index contributed by atoms with van der Waals surface area (Å²) >= 11 is 0. The van der Waals surface area contributed by atoms with E-state index in [1.54, 1.807) is 0 Å². The second-order valence-corrected chi connectivity index (χ2v) is 4.85. The van der Waals surface area contributed by atoms with Gasteiger partial charge in [-0.05, 0) is 12.0 Å². The molecular formula is C15H22N4O5. The molecule has 132 valence electrons. The zero-order valence-electron chi connectivity index (χ0n) is 13.2. The van der Waals surface area contributed by atoms with Crippen molar-refractivity contribution in [3.63, 3.8) is 0 Å². The first kappa shape index (κ1) is 19.6. The molecule has 2 amide bonds. The van der Waals surface area contributed by atoms with Crippen LogP contribution in [0.4, 0.5) is 0 Å². The minimum Gasteiger partial charge on any atom is -0.462 e. The average molecular weight is 338 g/mol. The first-order valence-corrected chi connectivity index (χ1v) is 7.37. The van der Waals surface area contributed by atoms with Crippen LogP contribution in [-0.4, -0.2) is 55.2 Å². The van der Waals surface area contributed by atoms with Crippen molar-refractivity contribution in [2.24, 2.45) is 5.84 Å². The van der Waals surface area contributed by atoms with E-state index in [-0.39, 0.29) is 26.3 Å². The summed E-state index contributed by atoms with van der Waals surface area (Å²) in [5, 5.41) is 13.2. The number of nitrogens with one attached hydrogen (secondary N) is 3. The third kappa shape index (κ3) is 7.68. The second-order valence-electron chi connectivity index (χ2n) is 4.85. The standard InChI is InChI=1S/C15H22N4O5/c16-19-12(8-11-4-2-1-3-5-11)15(23)18-9-13(21)17-10-14(22)24-7-6-20/h1-5,12,19-20H,6-10,16H2,(H,17,21)(H,18,23). The summed E-state index contributed by atoms with van der Waals surface area (Å²) in [4.78, 5) is 34.7. The van der Waals surface area contributed by atoms with E-state index in [0.29, 0.717) is 6.42 Å². The molecule has 1 aromatic rings. The predicted octanol–water partition coefficient (Wildman–Crippen LogP) is -2.17. The molecule has 1 aromatic carbocycles. The Morgan fingerprint density at radius 3 is 2.46 bits per heavy atom. The molecule has 9 heteroatoms. The van der Waals surface area contributed by atoms with Crippen molar-refractivity contribution in [3.05, 3.63) is 35.9 Å². The third-order valence-corrected chi connectivity index (χ3v) is 3.01. The van der Waals surface area contributed by atoms with Gasteiger partial charge >= 0.3 is 5.97 Å². The first-order chi connectivity index (χ1) is 11.6. The van der Waals surface area contributed by atoms with Gasteiger partial charge in [0.15, 0.2) is 0 Å². The number of carbonyl (C=O) groups is 3. The van der Waals surface area contributed by atoms with Gasteiger partial charge in [0.1, 0.15) is 19.2 Å². The van der Waals surface area contributed by atoms with Crippen molar-refractivity contribution in [2.45, 2.75) is 12.5 Å². The summed E-state index contributed by atoms with van der Waals surface area (Å²) in [5.74, 6) is 3.73. The van der Waals surface area contributed by atoms with Crippen LogP contribution >= 0.6 is 0 Å². The summed E-state index contributed by atoms with van der Waals surface area (Å²) in [6, 6.07) is 8.61. The van der Waals surface area contributed by atoms with Gasteiger partial charge in [0.05, 0.1) is 13.2 Å². The summed E-state index contributed by atoms with van der Waals surface area (Å²) < 4.78 is 4.57. The van der Waals surface area contributed by atoms with Gasteiger partial charge in [-0.2, -0.15) is 0 Å². The van der Waals surface area contributed by atoms with Crippen molar-refractivity contribution in [2.75, 3.05) is 26.3 Å². The fraction of sp³-hybridized carbons (Fsp3) is 0.400. The highest BCUT2D eigenvalue weighted by atomic mass is 16.5. The normalized spacial score (nSPS) is 11.4. The molecule has 6 N–H and O–H groups in total. The molecule has 0 spiro atoms. The van der Waals surface area contributed by atoms with Gasteiger partial charge in [-0.1, -0.05) is 30.3 Å². The summed E-state index contributed by atoms with van der Waals surface area (Å²) in [6.07, 6.45) is 0.373. The molecule has 0 aliphatic rings. The maximum Gasteiger partial charge on any atom is 0.325 e. The van der Waals surface area contributed by atoms with Gasteiger partial charge in [-0.25, -0.2) is 5.43 Å². The molecule has 24 heavy (non-hydrogen) atoms. The molecular weight excluding hydrogens is 316 g/mol. The van der Waals surface area contributed by atoms with Gasteiger partial charge in [-0.15, -0.1) is 0 Å². The molecule has 1 unspecified atom stereocenters. The molecule has 0 aliphatic carbocycles. The number of hydrazine groups is 1. The van der Waals surface area contributed by atoms with Gasteiger partial charge in [0, 0.05) is 0 Å². The number of hydrogen-bond acceptors (Lipinski definition) is 7. The molecule has 0 saturated heterocycles. The number of aliphatic hydroxyl groups excluding tert-OH is 1. The summed E-state index contributed by atoms with van der Waals surface area (Å²) in [5.41, 5.74) is 3.33. The van der Waals surface area contributed by atoms with Gasteiger partial charge < -0.3 is 20.5 Å². The predicted molar refractivity (Wildman–Crippen MR) is 85.3 cm³/mol. The zero-order valence-corrected chi connectivity index (χ0v) is 13.2. The zero-order chi connectivity index (χ0) is 17.8. The largest absolute Gasteiger partial charge is 0.462 e. The van der Waals surface area contributed by atoms with Crippen LogP contribution in [0, 0.1) is 0 Å². The van der Waals surface area contributed by atoms with E-state index in [0.717, 1.165) is 5.56 Å². The lowest BCUT2D eigenvalue weighted by molar-refractivity contribution is -0.144. The van der Waals surface area contributed by atoms with Crippen molar-refractivity contribution in [3.8, 4) is 0 Å². The topological polar surface area (TPSA) is 143 Å². The van der Waals surface area contributed by atoms with E-state index in [2.05, 4.69) is 20.8 Å². The van der Waals surface area contributed by atoms with Crippen molar-refractivity contribution in [1.82, 2.24) is 16.1 Å². The highest BCUT2D eigenvalue weighted by molar-refractivity contribution is 5.88. The Kier molecular flexibility index (Phi) is 9.05. The van der Waals surface area contributed by atoms with Crippen LogP contribution in [0.1, 0.15) is 5.56 Å². The van der Waals surface area contributed by atoms with Crippen LogP contribution in [0.25, 0.3) is 0 Å². The molecule has 0 bridgehead atoms. The minimum absolute atomic E-state index is 0.130. The van der Waals surface area contributed by atoms with Gasteiger partial charge in [0.2, 0.25) is 11.8 Å². The maximum atomic E-state index is 12.0. The lowest BCUT2D eigenvalue weighted by Gasteiger charge is -2.15. The Hall–Kier alpha value is -2.49. The molecule has 0 fully saturated rings. The maximum absolute atomic E-state index is 12.0. The Labute approximate surface area is 139 Å². The third-order valence-electron chi connectivity index (χ3n) is 3.01. The smallest absolute Gasteiger partial charge is 0.325 e. The molecule has 0 aliphatic heterocycles. The Morgan fingerprint density at radius 1 is 1.12 bits per heavy atom. The number of benzene rings is 1. The highest BCUT2D eigenvalue weighted by Crippen LogP contribution is 2.02. The Bertz CT molecular complexity index is 538. The number of ether oxygens (including phenoxy) is 1. The molecule has 0 radical (unpaired) electrons. The Morgan fingerprint density at radius 2 is 1.83 bits per heavy atom. The van der Waals surface area contributed by atoms with Crippen LogP contribution in [0.5, 0.6) is 0 Å². The Balaban J connectivity index is 2.32. The first-order valence-electron chi connectivity index (χ1n) is 7.37. The van der Waals surface area contributed by atoms with E-state index in [1.807, 2.05) is 30.3 Å². The molecule has 1 atom stereocenters. The molecule has 0 aromatic heterocycles. The van der Waals surface area contributed by atoms with E-state index in [9.17, 15) is 14.4 Å². The monoisotopic (exact) mass is 338 g/mol. The van der Waals surface area contributed by atoms with E-state index < -0.39 is 23.8 Å². The number of amides is 2. The molecule has 1 rings (SSSR count). The fourth-order valence-corrected chi connectivity index (χ4v) is 1.81. The summed E-state index contributed by atoms with van der Waals surface area (Å²) in [6.45, 7) is -1.05. The van der Waals surface area contributed by atoms with Crippen molar-refractivity contribution < 1.29 is 24.2 Å². The number of hydrogen-bond donors (Lipinski definition) is 5. The van der Waals surface area contributed by atoms with E-state index in [4.69, 9.17) is 10.9 Å². The van der Waals surface area contributed by atoms with Crippen molar-refractivity contribution in [1.29, 1.82) is 0 Å². The fourth-order valence-electron chi connectivity index (χ4n) is 1.81. The average Bonchev–Trinajstić information content (AvgIpc) is 2.61. The molecule has 0 heterocycles. The molecule has 9 nitrogen and oxygen atoms in total.